The molecule has 0 bridgehead atoms. The van der Waals surface area contributed by atoms with Crippen molar-refractivity contribution in [3.63, 3.8) is 0 Å². The van der Waals surface area contributed by atoms with Crippen molar-refractivity contribution in [1.82, 2.24) is 15.1 Å². The lowest BCUT2D eigenvalue weighted by atomic mass is 10.1. The summed E-state index contributed by atoms with van der Waals surface area (Å²) in [5.74, 6) is 4.00. The van der Waals surface area contributed by atoms with Crippen molar-refractivity contribution in [2.45, 2.75) is 13.5 Å². The highest BCUT2D eigenvalue weighted by molar-refractivity contribution is 9.10. The van der Waals surface area contributed by atoms with Gasteiger partial charge in [-0.25, -0.2) is 0 Å². The number of likely N-dealkylation sites (N-methyl/N-ethyl adjacent to an activating group) is 1. The van der Waals surface area contributed by atoms with Crippen molar-refractivity contribution in [3.8, 4) is 18.1 Å². The molecule has 132 valence electrons. The van der Waals surface area contributed by atoms with E-state index in [9.17, 15) is 0 Å². The molecule has 0 aliphatic carbocycles. The average molecular weight is 394 g/mol. The van der Waals surface area contributed by atoms with E-state index < -0.39 is 0 Å². The van der Waals surface area contributed by atoms with Crippen LogP contribution in [0.3, 0.4) is 0 Å². The highest BCUT2D eigenvalue weighted by atomic mass is 79.9. The Kier molecular flexibility index (Phi) is 8.07. The number of ether oxygens (including phenoxy) is 1. The molecule has 1 aliphatic heterocycles. The zero-order valence-corrected chi connectivity index (χ0v) is 16.3. The van der Waals surface area contributed by atoms with Gasteiger partial charge in [0, 0.05) is 49.3 Å². The van der Waals surface area contributed by atoms with E-state index in [0.29, 0.717) is 12.5 Å². The first-order valence-corrected chi connectivity index (χ1v) is 9.34. The SMILES string of the molecule is C#CCOc1ccc(Br)cc1CNCC(C)CN1CCN(C)CC1. The Morgan fingerprint density at radius 2 is 2.08 bits per heavy atom. The van der Waals surface area contributed by atoms with Gasteiger partial charge in [-0.15, -0.1) is 6.42 Å². The first-order valence-electron chi connectivity index (χ1n) is 8.54. The van der Waals surface area contributed by atoms with Crippen LogP contribution in [0.2, 0.25) is 0 Å². The summed E-state index contributed by atoms with van der Waals surface area (Å²) >= 11 is 3.52. The van der Waals surface area contributed by atoms with Gasteiger partial charge >= 0.3 is 0 Å². The fraction of sp³-hybridized carbons (Fsp3) is 0.579. The third kappa shape index (κ3) is 6.45. The number of halogens is 1. The Hall–Kier alpha value is -1.06. The lowest BCUT2D eigenvalue weighted by Crippen LogP contribution is -2.46. The third-order valence-electron chi connectivity index (χ3n) is 4.31. The number of nitrogens with one attached hydrogen (secondary N) is 1. The first kappa shape index (κ1) is 19.3. The Morgan fingerprint density at radius 3 is 2.79 bits per heavy atom. The van der Waals surface area contributed by atoms with Gasteiger partial charge < -0.3 is 19.9 Å². The van der Waals surface area contributed by atoms with Crippen LogP contribution in [0.15, 0.2) is 22.7 Å². The zero-order valence-electron chi connectivity index (χ0n) is 14.7. The van der Waals surface area contributed by atoms with Gasteiger partial charge in [0.15, 0.2) is 0 Å². The fourth-order valence-electron chi connectivity index (χ4n) is 2.94. The van der Waals surface area contributed by atoms with E-state index in [0.717, 1.165) is 35.4 Å². The molecule has 1 N–H and O–H groups in total. The Morgan fingerprint density at radius 1 is 1.33 bits per heavy atom. The van der Waals surface area contributed by atoms with Crippen molar-refractivity contribution >= 4 is 15.9 Å². The van der Waals surface area contributed by atoms with Crippen molar-refractivity contribution < 1.29 is 4.74 Å². The normalized spacial score (nSPS) is 17.4. The molecule has 0 aromatic heterocycles. The predicted molar refractivity (Wildman–Crippen MR) is 103 cm³/mol. The molecule has 1 heterocycles. The highest BCUT2D eigenvalue weighted by Crippen LogP contribution is 2.23. The molecule has 2 rings (SSSR count). The molecule has 1 unspecified atom stereocenters. The Labute approximate surface area is 154 Å². The van der Waals surface area contributed by atoms with Gasteiger partial charge in [-0.3, -0.25) is 0 Å². The first-order chi connectivity index (χ1) is 11.6. The maximum Gasteiger partial charge on any atom is 0.148 e. The molecule has 1 atom stereocenters. The van der Waals surface area contributed by atoms with Gasteiger partial charge in [0.05, 0.1) is 0 Å². The summed E-state index contributed by atoms with van der Waals surface area (Å²) in [7, 11) is 2.19. The van der Waals surface area contributed by atoms with E-state index in [1.165, 1.54) is 26.2 Å². The number of hydrogen-bond acceptors (Lipinski definition) is 4. The van der Waals surface area contributed by atoms with Crippen LogP contribution in [0.5, 0.6) is 5.75 Å². The summed E-state index contributed by atoms with van der Waals surface area (Å²) in [6, 6.07) is 6.03. The molecule has 0 spiro atoms. The average Bonchev–Trinajstić information content (AvgIpc) is 2.56. The van der Waals surface area contributed by atoms with E-state index in [1.807, 2.05) is 12.1 Å². The predicted octanol–water partition coefficient (Wildman–Crippen LogP) is 2.43. The topological polar surface area (TPSA) is 27.7 Å². The van der Waals surface area contributed by atoms with Gasteiger partial charge in [0.1, 0.15) is 12.4 Å². The van der Waals surface area contributed by atoms with E-state index in [1.54, 1.807) is 0 Å². The minimum absolute atomic E-state index is 0.300. The summed E-state index contributed by atoms with van der Waals surface area (Å²) in [6.07, 6.45) is 5.29. The summed E-state index contributed by atoms with van der Waals surface area (Å²) < 4.78 is 6.67. The molecule has 4 nitrogen and oxygen atoms in total. The molecule has 1 aromatic rings. The van der Waals surface area contributed by atoms with Crippen molar-refractivity contribution in [2.24, 2.45) is 5.92 Å². The van der Waals surface area contributed by atoms with Gasteiger partial charge in [-0.1, -0.05) is 28.8 Å². The summed E-state index contributed by atoms with van der Waals surface area (Å²) in [4.78, 5) is 4.96. The fourth-order valence-corrected chi connectivity index (χ4v) is 3.34. The smallest absolute Gasteiger partial charge is 0.148 e. The van der Waals surface area contributed by atoms with Crippen LogP contribution >= 0.6 is 15.9 Å². The zero-order chi connectivity index (χ0) is 17.4. The van der Waals surface area contributed by atoms with Crippen molar-refractivity contribution in [3.05, 3.63) is 28.2 Å². The van der Waals surface area contributed by atoms with Crippen LogP contribution in [0.1, 0.15) is 12.5 Å². The number of hydrogen-bond donors (Lipinski definition) is 1. The molecule has 1 fully saturated rings. The lowest BCUT2D eigenvalue weighted by molar-refractivity contribution is 0.138. The van der Waals surface area contributed by atoms with Crippen LogP contribution in [0.25, 0.3) is 0 Å². The summed E-state index contributed by atoms with van der Waals surface area (Å²) in [5, 5.41) is 3.55. The Balaban J connectivity index is 1.76. The molecular formula is C19H28BrN3O. The lowest BCUT2D eigenvalue weighted by Gasteiger charge is -2.34. The molecule has 0 amide bonds. The number of piperazine rings is 1. The molecule has 0 radical (unpaired) electrons. The molecule has 5 heteroatoms. The van der Waals surface area contributed by atoms with Crippen LogP contribution in [-0.4, -0.2) is 62.7 Å². The number of terminal acetylenes is 1. The maximum absolute atomic E-state index is 5.62. The summed E-state index contributed by atoms with van der Waals surface area (Å²) in [6.45, 7) is 10.2. The second kappa shape index (κ2) is 10.0. The van der Waals surface area contributed by atoms with Crippen LogP contribution < -0.4 is 10.1 Å². The second-order valence-corrected chi connectivity index (χ2v) is 7.50. The number of rotatable bonds is 8. The van der Waals surface area contributed by atoms with Crippen molar-refractivity contribution in [2.75, 3.05) is 52.9 Å². The van der Waals surface area contributed by atoms with E-state index in [4.69, 9.17) is 11.2 Å². The molecule has 1 aromatic carbocycles. The minimum atomic E-state index is 0.300. The molecule has 0 saturated carbocycles. The van der Waals surface area contributed by atoms with Gasteiger partial charge in [-0.2, -0.15) is 0 Å². The maximum atomic E-state index is 5.62. The molecular weight excluding hydrogens is 366 g/mol. The number of benzene rings is 1. The highest BCUT2D eigenvalue weighted by Gasteiger charge is 2.16. The standard InChI is InChI=1S/C19H28BrN3O/c1-4-11-24-19-6-5-18(20)12-17(19)14-21-13-16(2)15-23-9-7-22(3)8-10-23/h1,5-6,12,16,21H,7-11,13-15H2,2-3H3. The van der Waals surface area contributed by atoms with Gasteiger partial charge in [0.2, 0.25) is 0 Å². The van der Waals surface area contributed by atoms with Crippen LogP contribution in [0.4, 0.5) is 0 Å². The van der Waals surface area contributed by atoms with E-state index in [2.05, 4.69) is 57.0 Å². The van der Waals surface area contributed by atoms with Crippen molar-refractivity contribution in [1.29, 1.82) is 0 Å². The van der Waals surface area contributed by atoms with Crippen LogP contribution in [-0.2, 0) is 6.54 Å². The Bertz CT molecular complexity index is 550. The van der Waals surface area contributed by atoms with Crippen LogP contribution in [0, 0.1) is 18.3 Å². The molecule has 1 aliphatic rings. The summed E-state index contributed by atoms with van der Waals surface area (Å²) in [5.41, 5.74) is 1.13. The monoisotopic (exact) mass is 393 g/mol. The second-order valence-electron chi connectivity index (χ2n) is 6.58. The quantitative estimate of drug-likeness (QED) is 0.686. The molecule has 1 saturated heterocycles. The largest absolute Gasteiger partial charge is 0.481 e. The van der Waals surface area contributed by atoms with E-state index in [-0.39, 0.29) is 0 Å². The minimum Gasteiger partial charge on any atom is -0.481 e. The number of nitrogens with zero attached hydrogens (tertiary/aromatic N) is 2. The van der Waals surface area contributed by atoms with E-state index >= 15 is 0 Å². The third-order valence-corrected chi connectivity index (χ3v) is 4.80. The molecule has 24 heavy (non-hydrogen) atoms. The van der Waals surface area contributed by atoms with Gasteiger partial charge in [-0.05, 0) is 37.7 Å². The van der Waals surface area contributed by atoms with Gasteiger partial charge in [0.25, 0.3) is 0 Å².